The van der Waals surface area contributed by atoms with Gasteiger partial charge in [-0.1, -0.05) is 11.6 Å². The number of amides is 1. The first-order valence-corrected chi connectivity index (χ1v) is 10.8. The van der Waals surface area contributed by atoms with Crippen LogP contribution < -0.4 is 15.6 Å². The van der Waals surface area contributed by atoms with E-state index >= 15 is 0 Å². The minimum absolute atomic E-state index is 0.0356. The Morgan fingerprint density at radius 1 is 1.26 bits per heavy atom. The van der Waals surface area contributed by atoms with E-state index in [1.807, 2.05) is 13.0 Å². The highest BCUT2D eigenvalue weighted by molar-refractivity contribution is 6.29. The van der Waals surface area contributed by atoms with Crippen LogP contribution in [0.4, 0.5) is 0 Å². The molecule has 0 aliphatic heterocycles. The number of hydrogen-bond donors (Lipinski definition) is 1. The van der Waals surface area contributed by atoms with Gasteiger partial charge in [-0.3, -0.25) is 19.1 Å². The molecule has 3 heterocycles. The van der Waals surface area contributed by atoms with Gasteiger partial charge < -0.3 is 9.15 Å². The molecule has 9 nitrogen and oxygen atoms in total. The van der Waals surface area contributed by atoms with Crippen molar-refractivity contribution < 1.29 is 18.8 Å². The zero-order valence-corrected chi connectivity index (χ0v) is 20.1. The van der Waals surface area contributed by atoms with Gasteiger partial charge in [-0.05, 0) is 50.6 Å². The molecule has 1 atom stereocenters. The third kappa shape index (κ3) is 4.40. The fourth-order valence-corrected chi connectivity index (χ4v) is 3.91. The van der Waals surface area contributed by atoms with Crippen LogP contribution in [0.25, 0.3) is 22.3 Å². The molecule has 3 aromatic heterocycles. The van der Waals surface area contributed by atoms with Crippen molar-refractivity contribution >= 4 is 28.5 Å². The fraction of sp³-hybridized carbons (Fsp3) is 0.250. The van der Waals surface area contributed by atoms with Gasteiger partial charge >= 0.3 is 0 Å². The normalized spacial score (nSPS) is 12.1. The smallest absolute Gasteiger partial charge is 0.297 e. The molecule has 1 aromatic carbocycles. The van der Waals surface area contributed by atoms with Gasteiger partial charge in [0.1, 0.15) is 22.6 Å². The maximum absolute atomic E-state index is 13.2. The topological polar surface area (TPSA) is 108 Å². The summed E-state index contributed by atoms with van der Waals surface area (Å²) >= 11 is 5.98. The Hall–Kier alpha value is -3.69. The molecular formula is C24H23ClN4O5. The van der Waals surface area contributed by atoms with E-state index in [1.54, 1.807) is 50.1 Å². The van der Waals surface area contributed by atoms with E-state index in [-0.39, 0.29) is 22.0 Å². The summed E-state index contributed by atoms with van der Waals surface area (Å²) in [5.74, 6) is 0.0293. The highest BCUT2D eigenvalue weighted by atomic mass is 35.5. The van der Waals surface area contributed by atoms with Crippen LogP contribution in [-0.4, -0.2) is 27.8 Å². The van der Waals surface area contributed by atoms with Crippen molar-refractivity contribution in [2.24, 2.45) is 7.05 Å². The summed E-state index contributed by atoms with van der Waals surface area (Å²) in [6.45, 7) is 5.42. The Bertz CT molecular complexity index is 1460. The number of nitrogens with zero attached hydrogens (tertiary/aromatic N) is 3. The summed E-state index contributed by atoms with van der Waals surface area (Å²) in [7, 11) is 3.11. The minimum Gasteiger partial charge on any atom is -0.483 e. The Kier molecular flexibility index (Phi) is 6.41. The molecular weight excluding hydrogens is 460 g/mol. The Morgan fingerprint density at radius 3 is 2.71 bits per heavy atom. The second kappa shape index (κ2) is 9.28. The van der Waals surface area contributed by atoms with E-state index in [2.05, 4.69) is 15.6 Å². The lowest BCUT2D eigenvalue weighted by Gasteiger charge is -2.19. The van der Waals surface area contributed by atoms with Crippen LogP contribution in [0.1, 0.15) is 40.2 Å². The predicted octanol–water partition coefficient (Wildman–Crippen LogP) is 4.29. The molecule has 0 fully saturated rings. The molecule has 0 bridgehead atoms. The number of nitrogens with one attached hydrogen (secondary N) is 1. The van der Waals surface area contributed by atoms with Crippen molar-refractivity contribution in [3.8, 4) is 17.1 Å². The number of halogens is 1. The van der Waals surface area contributed by atoms with E-state index in [4.69, 9.17) is 25.6 Å². The Balaban J connectivity index is 1.84. The van der Waals surface area contributed by atoms with Gasteiger partial charge in [0.15, 0.2) is 16.9 Å². The molecule has 0 spiro atoms. The van der Waals surface area contributed by atoms with Gasteiger partial charge in [0.05, 0.1) is 24.3 Å². The van der Waals surface area contributed by atoms with Crippen LogP contribution in [0.5, 0.6) is 5.75 Å². The highest BCUT2D eigenvalue weighted by Gasteiger charge is 2.23. The Labute approximate surface area is 200 Å². The van der Waals surface area contributed by atoms with Crippen molar-refractivity contribution in [3.63, 3.8) is 0 Å². The Morgan fingerprint density at radius 2 is 2.03 bits per heavy atom. The molecule has 1 amide bonds. The molecule has 34 heavy (non-hydrogen) atoms. The van der Waals surface area contributed by atoms with E-state index in [0.29, 0.717) is 33.4 Å². The van der Waals surface area contributed by atoms with Gasteiger partial charge in [0.2, 0.25) is 0 Å². The summed E-state index contributed by atoms with van der Waals surface area (Å²) in [6, 6.07) is 6.75. The third-order valence-electron chi connectivity index (χ3n) is 5.33. The van der Waals surface area contributed by atoms with Gasteiger partial charge in [0.25, 0.3) is 5.91 Å². The number of pyridine rings is 1. The third-order valence-corrected chi connectivity index (χ3v) is 5.55. The number of ether oxygens (including phenoxy) is 1. The highest BCUT2D eigenvalue weighted by Crippen LogP contribution is 2.33. The molecule has 0 radical (unpaired) electrons. The second-order valence-electron chi connectivity index (χ2n) is 7.89. The number of hydrogen-bond acceptors (Lipinski definition) is 7. The zero-order valence-electron chi connectivity index (χ0n) is 19.3. The number of carbonyl (C=O) groups is 1. The molecule has 176 valence electrons. The number of benzene rings is 1. The monoisotopic (exact) mass is 482 g/mol. The molecule has 0 unspecified atom stereocenters. The molecule has 0 aliphatic carbocycles. The molecule has 0 saturated heterocycles. The standard InChI is InChI=1S/C24H23ClN4O5/c1-12-8-16(14(3)33-18-6-7-19(25)27-20(18)24(31)28-32-5)23-17(9-12)21(30)13(2)22(34-23)15-10-26-29(4)11-15/h6-11,14H,1-5H3,(H,28,31)/t14-/m1/s1. The van der Waals surface area contributed by atoms with Crippen molar-refractivity contribution in [2.45, 2.75) is 26.9 Å². The van der Waals surface area contributed by atoms with E-state index < -0.39 is 12.0 Å². The summed E-state index contributed by atoms with van der Waals surface area (Å²) in [5, 5.41) is 4.76. The molecule has 10 heteroatoms. The summed E-state index contributed by atoms with van der Waals surface area (Å²) < 4.78 is 14.0. The van der Waals surface area contributed by atoms with Crippen LogP contribution >= 0.6 is 11.6 Å². The molecule has 4 rings (SSSR count). The maximum Gasteiger partial charge on any atom is 0.297 e. The van der Waals surface area contributed by atoms with Crippen LogP contribution in [0.3, 0.4) is 0 Å². The average Bonchev–Trinajstić information content (AvgIpc) is 3.23. The van der Waals surface area contributed by atoms with Gasteiger partial charge in [-0.25, -0.2) is 10.5 Å². The predicted molar refractivity (Wildman–Crippen MR) is 127 cm³/mol. The van der Waals surface area contributed by atoms with Crippen molar-refractivity contribution in [1.29, 1.82) is 0 Å². The summed E-state index contributed by atoms with van der Waals surface area (Å²) in [5.41, 5.74) is 5.14. The SMILES string of the molecule is CONC(=O)c1nc(Cl)ccc1O[C@H](C)c1cc(C)cc2c(=O)c(C)c(-c3cnn(C)c3)oc12. The first-order chi connectivity index (χ1) is 16.2. The lowest BCUT2D eigenvalue weighted by molar-refractivity contribution is 0.0526. The van der Waals surface area contributed by atoms with E-state index in [1.165, 1.54) is 13.2 Å². The quantitative estimate of drug-likeness (QED) is 0.322. The van der Waals surface area contributed by atoms with Gasteiger partial charge in [-0.15, -0.1) is 0 Å². The lowest BCUT2D eigenvalue weighted by Crippen LogP contribution is -2.24. The average molecular weight is 483 g/mol. The maximum atomic E-state index is 13.2. The molecule has 4 aromatic rings. The van der Waals surface area contributed by atoms with Gasteiger partial charge in [0, 0.05) is 24.4 Å². The largest absolute Gasteiger partial charge is 0.483 e. The number of fused-ring (bicyclic) bond motifs is 1. The summed E-state index contributed by atoms with van der Waals surface area (Å²) in [6.07, 6.45) is 2.82. The first-order valence-electron chi connectivity index (χ1n) is 10.4. The van der Waals surface area contributed by atoms with E-state index in [9.17, 15) is 9.59 Å². The minimum atomic E-state index is -0.609. The lowest BCUT2D eigenvalue weighted by atomic mass is 10.0. The first kappa shape index (κ1) is 23.5. The number of aryl methyl sites for hydroxylation is 2. The summed E-state index contributed by atoms with van der Waals surface area (Å²) in [4.78, 5) is 34.4. The fourth-order valence-electron chi connectivity index (χ4n) is 3.76. The zero-order chi connectivity index (χ0) is 24.6. The number of rotatable bonds is 6. The van der Waals surface area contributed by atoms with Crippen LogP contribution in [0.15, 0.2) is 45.9 Å². The number of aromatic nitrogens is 3. The van der Waals surface area contributed by atoms with Crippen LogP contribution in [-0.2, 0) is 11.9 Å². The van der Waals surface area contributed by atoms with Crippen LogP contribution in [0, 0.1) is 13.8 Å². The molecule has 0 saturated carbocycles. The van der Waals surface area contributed by atoms with Crippen molar-refractivity contribution in [2.75, 3.05) is 7.11 Å². The number of hydroxylamine groups is 1. The van der Waals surface area contributed by atoms with E-state index in [0.717, 1.165) is 5.56 Å². The molecule has 1 N–H and O–H groups in total. The second-order valence-corrected chi connectivity index (χ2v) is 8.28. The molecule has 0 aliphatic rings. The van der Waals surface area contributed by atoms with Crippen molar-refractivity contribution in [3.05, 3.63) is 74.4 Å². The number of carbonyl (C=O) groups excluding carboxylic acids is 1. The van der Waals surface area contributed by atoms with Gasteiger partial charge in [-0.2, -0.15) is 5.10 Å². The van der Waals surface area contributed by atoms with Crippen LogP contribution in [0.2, 0.25) is 5.15 Å². The van der Waals surface area contributed by atoms with Crippen molar-refractivity contribution in [1.82, 2.24) is 20.2 Å².